The van der Waals surface area contributed by atoms with Gasteiger partial charge in [0.05, 0.1) is 5.69 Å². The first-order valence-corrected chi connectivity index (χ1v) is 5.24. The highest BCUT2D eigenvalue weighted by Crippen LogP contribution is 2.07. The monoisotopic (exact) mass is 223 g/mol. The van der Waals surface area contributed by atoms with Crippen LogP contribution in [0.25, 0.3) is 0 Å². The summed E-state index contributed by atoms with van der Waals surface area (Å²) in [5.41, 5.74) is 6.24. The molecule has 1 atom stereocenters. The van der Waals surface area contributed by atoms with Crippen molar-refractivity contribution in [1.82, 2.24) is 10.3 Å². The second-order valence-corrected chi connectivity index (χ2v) is 3.77. The fraction of sp³-hybridized carbons (Fsp3) is 0.455. The van der Waals surface area contributed by atoms with Crippen molar-refractivity contribution >= 4 is 11.6 Å². The molecule has 0 aliphatic heterocycles. The molecule has 1 rings (SSSR count). The van der Waals surface area contributed by atoms with Gasteiger partial charge in [0.25, 0.3) is 5.91 Å². The predicted molar refractivity (Wildman–Crippen MR) is 61.8 cm³/mol. The maximum absolute atomic E-state index is 11.7. The number of carbonyl (C=O) groups excluding carboxylic acids is 1. The third kappa shape index (κ3) is 3.51. The third-order valence-electron chi connectivity index (χ3n) is 2.29. The Morgan fingerprint density at radius 2 is 2.44 bits per heavy atom. The fourth-order valence-electron chi connectivity index (χ4n) is 1.28. The van der Waals surface area contributed by atoms with Crippen LogP contribution in [-0.4, -0.2) is 29.1 Å². The molecule has 1 aromatic heterocycles. The van der Waals surface area contributed by atoms with E-state index in [4.69, 9.17) is 10.8 Å². The molecule has 88 valence electrons. The first-order chi connectivity index (χ1) is 7.65. The fourth-order valence-corrected chi connectivity index (χ4v) is 1.28. The Morgan fingerprint density at radius 1 is 1.69 bits per heavy atom. The predicted octanol–water partition coefficient (Wildman–Crippen LogP) is 0.412. The average molecular weight is 223 g/mol. The number of nitrogens with one attached hydrogen (secondary N) is 1. The number of aliphatic hydroxyl groups is 1. The van der Waals surface area contributed by atoms with E-state index in [1.54, 1.807) is 12.1 Å². The van der Waals surface area contributed by atoms with Gasteiger partial charge in [0.1, 0.15) is 0 Å². The van der Waals surface area contributed by atoms with Crippen molar-refractivity contribution in [1.29, 1.82) is 0 Å². The number of nitrogens with two attached hydrogens (primary N) is 1. The van der Waals surface area contributed by atoms with Gasteiger partial charge in [-0.1, -0.05) is 6.92 Å². The van der Waals surface area contributed by atoms with Crippen LogP contribution < -0.4 is 11.1 Å². The number of carbonyl (C=O) groups is 1. The van der Waals surface area contributed by atoms with E-state index in [0.29, 0.717) is 18.7 Å². The standard InChI is InChI=1S/C11H17N3O2/c1-8(4-6-15)7-14-11(16)10-9(12)3-2-5-13-10/h2-3,5,8,15H,4,6-7,12H2,1H3,(H,14,16). The van der Waals surface area contributed by atoms with E-state index in [1.165, 1.54) is 6.20 Å². The minimum absolute atomic E-state index is 0.128. The molecule has 0 radical (unpaired) electrons. The molecular formula is C11H17N3O2. The highest BCUT2D eigenvalue weighted by atomic mass is 16.3. The number of nitrogen functional groups attached to an aromatic ring is 1. The molecule has 4 N–H and O–H groups in total. The van der Waals surface area contributed by atoms with E-state index in [9.17, 15) is 4.79 Å². The van der Waals surface area contributed by atoms with Crippen molar-refractivity contribution in [2.45, 2.75) is 13.3 Å². The van der Waals surface area contributed by atoms with Crippen LogP contribution in [0.5, 0.6) is 0 Å². The van der Waals surface area contributed by atoms with E-state index in [-0.39, 0.29) is 24.1 Å². The van der Waals surface area contributed by atoms with E-state index >= 15 is 0 Å². The minimum Gasteiger partial charge on any atom is -0.397 e. The van der Waals surface area contributed by atoms with Crippen molar-refractivity contribution < 1.29 is 9.90 Å². The SMILES string of the molecule is CC(CCO)CNC(=O)c1ncccc1N. The summed E-state index contributed by atoms with van der Waals surface area (Å²) < 4.78 is 0. The molecule has 1 aromatic rings. The van der Waals surface area contributed by atoms with Gasteiger partial charge in [-0.25, -0.2) is 4.98 Å². The van der Waals surface area contributed by atoms with Gasteiger partial charge in [-0.05, 0) is 24.5 Å². The van der Waals surface area contributed by atoms with Gasteiger partial charge in [0.15, 0.2) is 5.69 Å². The van der Waals surface area contributed by atoms with E-state index in [0.717, 1.165) is 0 Å². The molecule has 0 aliphatic rings. The summed E-state index contributed by atoms with van der Waals surface area (Å²) in [5.74, 6) is -0.0400. The third-order valence-corrected chi connectivity index (χ3v) is 2.29. The Kier molecular flexibility index (Phi) is 4.72. The highest BCUT2D eigenvalue weighted by molar-refractivity contribution is 5.96. The van der Waals surface area contributed by atoms with Gasteiger partial charge in [0.2, 0.25) is 0 Å². The lowest BCUT2D eigenvalue weighted by Gasteiger charge is -2.11. The van der Waals surface area contributed by atoms with Crippen molar-refractivity contribution in [2.24, 2.45) is 5.92 Å². The van der Waals surface area contributed by atoms with Crippen molar-refractivity contribution in [3.05, 3.63) is 24.0 Å². The van der Waals surface area contributed by atoms with E-state index < -0.39 is 0 Å². The van der Waals surface area contributed by atoms with Gasteiger partial charge < -0.3 is 16.2 Å². The van der Waals surface area contributed by atoms with E-state index in [2.05, 4.69) is 10.3 Å². The van der Waals surface area contributed by atoms with Gasteiger partial charge >= 0.3 is 0 Å². The molecule has 1 amide bonds. The van der Waals surface area contributed by atoms with Crippen molar-refractivity contribution in [3.63, 3.8) is 0 Å². The van der Waals surface area contributed by atoms with Crippen LogP contribution in [0.3, 0.4) is 0 Å². The van der Waals surface area contributed by atoms with Gasteiger partial charge in [-0.15, -0.1) is 0 Å². The van der Waals surface area contributed by atoms with Gasteiger partial charge in [-0.3, -0.25) is 4.79 Å². The van der Waals surface area contributed by atoms with Crippen molar-refractivity contribution in [3.8, 4) is 0 Å². The summed E-state index contributed by atoms with van der Waals surface area (Å²) in [6.45, 7) is 2.59. The molecule has 0 saturated carbocycles. The van der Waals surface area contributed by atoms with Crippen molar-refractivity contribution in [2.75, 3.05) is 18.9 Å². The summed E-state index contributed by atoms with van der Waals surface area (Å²) in [4.78, 5) is 15.6. The molecule has 0 bridgehead atoms. The van der Waals surface area contributed by atoms with E-state index in [1.807, 2.05) is 6.92 Å². The molecule has 0 aliphatic carbocycles. The van der Waals surface area contributed by atoms with Crippen LogP contribution in [0.15, 0.2) is 18.3 Å². The smallest absolute Gasteiger partial charge is 0.272 e. The lowest BCUT2D eigenvalue weighted by molar-refractivity contribution is 0.0941. The Hall–Kier alpha value is -1.62. The topological polar surface area (TPSA) is 88.2 Å². The number of rotatable bonds is 5. The zero-order valence-corrected chi connectivity index (χ0v) is 9.31. The summed E-state index contributed by atoms with van der Waals surface area (Å²) in [7, 11) is 0. The second kappa shape index (κ2) is 6.07. The zero-order valence-electron chi connectivity index (χ0n) is 9.31. The van der Waals surface area contributed by atoms with Crippen LogP contribution in [0.4, 0.5) is 5.69 Å². The molecule has 1 heterocycles. The zero-order chi connectivity index (χ0) is 12.0. The number of pyridine rings is 1. The molecule has 1 unspecified atom stereocenters. The maximum Gasteiger partial charge on any atom is 0.272 e. The number of nitrogens with zero attached hydrogens (tertiary/aromatic N) is 1. The normalized spacial score (nSPS) is 12.1. The Labute approximate surface area is 94.7 Å². The van der Waals surface area contributed by atoms with Crippen LogP contribution in [-0.2, 0) is 0 Å². The van der Waals surface area contributed by atoms with Crippen LogP contribution in [0.1, 0.15) is 23.8 Å². The maximum atomic E-state index is 11.7. The number of hydrogen-bond donors (Lipinski definition) is 3. The summed E-state index contributed by atoms with van der Waals surface area (Å²) >= 11 is 0. The largest absolute Gasteiger partial charge is 0.397 e. The number of anilines is 1. The molecule has 0 aromatic carbocycles. The molecule has 0 fully saturated rings. The lowest BCUT2D eigenvalue weighted by Crippen LogP contribution is -2.29. The van der Waals surface area contributed by atoms with Gasteiger partial charge in [0, 0.05) is 19.3 Å². The van der Waals surface area contributed by atoms with Gasteiger partial charge in [-0.2, -0.15) is 0 Å². The van der Waals surface area contributed by atoms with Crippen LogP contribution in [0, 0.1) is 5.92 Å². The van der Waals surface area contributed by atoms with Crippen LogP contribution >= 0.6 is 0 Å². The summed E-state index contributed by atoms with van der Waals surface area (Å²) in [6.07, 6.45) is 2.19. The lowest BCUT2D eigenvalue weighted by atomic mass is 10.1. The summed E-state index contributed by atoms with van der Waals surface area (Å²) in [6, 6.07) is 3.32. The number of hydrogen-bond acceptors (Lipinski definition) is 4. The second-order valence-electron chi connectivity index (χ2n) is 3.77. The van der Waals surface area contributed by atoms with Crippen LogP contribution in [0.2, 0.25) is 0 Å². The molecule has 5 heteroatoms. The Bertz CT molecular complexity index is 355. The molecule has 0 spiro atoms. The highest BCUT2D eigenvalue weighted by Gasteiger charge is 2.11. The Morgan fingerprint density at radius 3 is 3.06 bits per heavy atom. The first kappa shape index (κ1) is 12.4. The molecular weight excluding hydrogens is 206 g/mol. The number of aliphatic hydroxyl groups excluding tert-OH is 1. The quantitative estimate of drug-likeness (QED) is 0.674. The minimum atomic E-state index is -0.275. The molecule has 0 saturated heterocycles. The summed E-state index contributed by atoms with van der Waals surface area (Å²) in [5, 5.41) is 11.4. The number of aromatic nitrogens is 1. The molecule has 5 nitrogen and oxygen atoms in total. The average Bonchev–Trinajstić information content (AvgIpc) is 2.27. The number of amides is 1. The first-order valence-electron chi connectivity index (χ1n) is 5.24. The Balaban J connectivity index is 2.50. The molecule has 16 heavy (non-hydrogen) atoms.